The second kappa shape index (κ2) is 6.74. The summed E-state index contributed by atoms with van der Waals surface area (Å²) in [7, 11) is 0. The Hall–Kier alpha value is -0.570. The van der Waals surface area contributed by atoms with Crippen LogP contribution in [0.3, 0.4) is 0 Å². The molecule has 3 unspecified atom stereocenters. The van der Waals surface area contributed by atoms with Gasteiger partial charge in [0.2, 0.25) is 0 Å². The fraction of sp³-hybridized carbons (Fsp3) is 0.938. The van der Waals surface area contributed by atoms with Gasteiger partial charge >= 0.3 is 5.97 Å². The maximum absolute atomic E-state index is 11.5. The Labute approximate surface area is 117 Å². The molecule has 1 saturated heterocycles. The van der Waals surface area contributed by atoms with Gasteiger partial charge in [-0.05, 0) is 57.0 Å². The molecule has 0 aromatic carbocycles. The molecule has 2 fully saturated rings. The van der Waals surface area contributed by atoms with E-state index in [0.717, 1.165) is 44.2 Å². The summed E-state index contributed by atoms with van der Waals surface area (Å²) in [5.74, 6) is 0.875. The molecule has 0 radical (unpaired) electrons. The molecular weight excluding hydrogens is 238 g/mol. The molecule has 1 aliphatic heterocycles. The monoisotopic (exact) mass is 267 g/mol. The first kappa shape index (κ1) is 14.8. The first-order chi connectivity index (χ1) is 9.11. The van der Waals surface area contributed by atoms with Gasteiger partial charge in [-0.3, -0.25) is 9.69 Å². The lowest BCUT2D eigenvalue weighted by Gasteiger charge is -2.43. The van der Waals surface area contributed by atoms with Gasteiger partial charge < -0.3 is 5.11 Å². The highest BCUT2D eigenvalue weighted by Crippen LogP contribution is 2.36. The Balaban J connectivity index is 2.00. The topological polar surface area (TPSA) is 40.5 Å². The fourth-order valence-corrected chi connectivity index (χ4v) is 3.95. The van der Waals surface area contributed by atoms with Gasteiger partial charge in [-0.15, -0.1) is 0 Å². The Morgan fingerprint density at radius 3 is 2.47 bits per heavy atom. The lowest BCUT2D eigenvalue weighted by molar-refractivity contribution is -0.146. The van der Waals surface area contributed by atoms with E-state index in [0.29, 0.717) is 6.04 Å². The number of hydrogen-bond acceptors (Lipinski definition) is 2. The average Bonchev–Trinajstić information content (AvgIpc) is 2.39. The molecule has 1 N–H and O–H groups in total. The summed E-state index contributed by atoms with van der Waals surface area (Å²) in [6.45, 7) is 6.76. The van der Waals surface area contributed by atoms with Crippen molar-refractivity contribution in [1.82, 2.24) is 4.90 Å². The van der Waals surface area contributed by atoms with Crippen LogP contribution in [-0.4, -0.2) is 35.1 Å². The molecule has 0 bridgehead atoms. The predicted molar refractivity (Wildman–Crippen MR) is 77.1 cm³/mol. The van der Waals surface area contributed by atoms with Crippen LogP contribution < -0.4 is 0 Å². The van der Waals surface area contributed by atoms with Crippen LogP contribution in [0.2, 0.25) is 0 Å². The number of carboxylic acid groups (broad SMARTS) is 1. The number of piperidine rings is 1. The zero-order chi connectivity index (χ0) is 13.8. The molecule has 0 amide bonds. The van der Waals surface area contributed by atoms with Crippen molar-refractivity contribution < 1.29 is 9.90 Å². The second-order valence-electron chi connectivity index (χ2n) is 6.70. The van der Waals surface area contributed by atoms with Crippen molar-refractivity contribution in [3.63, 3.8) is 0 Å². The number of aliphatic carboxylic acids is 1. The molecule has 3 nitrogen and oxygen atoms in total. The van der Waals surface area contributed by atoms with E-state index in [1.165, 1.54) is 25.7 Å². The molecule has 110 valence electrons. The van der Waals surface area contributed by atoms with Crippen molar-refractivity contribution in [2.45, 2.75) is 64.8 Å². The normalized spacial score (nSPS) is 34.3. The molecule has 1 heterocycles. The maximum Gasteiger partial charge on any atom is 0.308 e. The third-order valence-electron chi connectivity index (χ3n) is 5.23. The lowest BCUT2D eigenvalue weighted by atomic mass is 9.75. The second-order valence-corrected chi connectivity index (χ2v) is 6.70. The van der Waals surface area contributed by atoms with E-state index < -0.39 is 5.97 Å². The number of hydrogen-bond donors (Lipinski definition) is 1. The van der Waals surface area contributed by atoms with Crippen LogP contribution in [0.4, 0.5) is 0 Å². The minimum absolute atomic E-state index is 0.124. The molecular formula is C16H29NO2. The predicted octanol–water partition coefficient (Wildman–Crippen LogP) is 3.39. The van der Waals surface area contributed by atoms with Crippen molar-refractivity contribution >= 4 is 5.97 Å². The number of carbonyl (C=O) groups is 1. The molecule has 19 heavy (non-hydrogen) atoms. The third kappa shape index (κ3) is 3.71. The van der Waals surface area contributed by atoms with E-state index in [1.54, 1.807) is 0 Å². The zero-order valence-corrected chi connectivity index (χ0v) is 12.5. The molecule has 1 aliphatic carbocycles. The summed E-state index contributed by atoms with van der Waals surface area (Å²) in [6, 6.07) is 0.301. The van der Waals surface area contributed by atoms with Crippen molar-refractivity contribution in [3.05, 3.63) is 0 Å². The summed E-state index contributed by atoms with van der Waals surface area (Å²) in [4.78, 5) is 14.0. The quantitative estimate of drug-likeness (QED) is 0.849. The molecule has 0 aromatic rings. The van der Waals surface area contributed by atoms with Gasteiger partial charge in [-0.1, -0.05) is 26.7 Å². The van der Waals surface area contributed by atoms with Gasteiger partial charge in [0.15, 0.2) is 0 Å². The molecule has 3 atom stereocenters. The van der Waals surface area contributed by atoms with Crippen LogP contribution in [0, 0.1) is 17.8 Å². The summed E-state index contributed by atoms with van der Waals surface area (Å²) in [5.41, 5.74) is 0. The summed E-state index contributed by atoms with van der Waals surface area (Å²) >= 11 is 0. The summed E-state index contributed by atoms with van der Waals surface area (Å²) in [6.07, 6.45) is 8.09. The minimum atomic E-state index is -0.571. The highest BCUT2D eigenvalue weighted by Gasteiger charge is 2.38. The van der Waals surface area contributed by atoms with Gasteiger partial charge in [0.25, 0.3) is 0 Å². The van der Waals surface area contributed by atoms with Crippen molar-refractivity contribution in [1.29, 1.82) is 0 Å². The van der Waals surface area contributed by atoms with Gasteiger partial charge in [-0.25, -0.2) is 0 Å². The van der Waals surface area contributed by atoms with Gasteiger partial charge in [0.05, 0.1) is 5.92 Å². The maximum atomic E-state index is 11.5. The van der Waals surface area contributed by atoms with Gasteiger partial charge in [-0.2, -0.15) is 0 Å². The molecule has 0 spiro atoms. The van der Waals surface area contributed by atoms with E-state index in [4.69, 9.17) is 0 Å². The van der Waals surface area contributed by atoms with E-state index in [-0.39, 0.29) is 5.92 Å². The smallest absolute Gasteiger partial charge is 0.308 e. The number of rotatable bonds is 4. The van der Waals surface area contributed by atoms with Crippen LogP contribution >= 0.6 is 0 Å². The molecule has 2 rings (SSSR count). The Morgan fingerprint density at radius 1 is 1.21 bits per heavy atom. The van der Waals surface area contributed by atoms with Crippen LogP contribution in [0.5, 0.6) is 0 Å². The highest BCUT2D eigenvalue weighted by molar-refractivity contribution is 5.71. The standard InChI is InChI=1S/C16H29NO2/c1-3-4-13-5-6-14(16(18)19)15(11-13)17-9-7-12(2)8-10-17/h12-15H,3-11H2,1-2H3,(H,18,19). The third-order valence-corrected chi connectivity index (χ3v) is 5.23. The SMILES string of the molecule is CCCC1CCC(C(=O)O)C(N2CCC(C)CC2)C1. The van der Waals surface area contributed by atoms with E-state index in [9.17, 15) is 9.90 Å². The van der Waals surface area contributed by atoms with Crippen molar-refractivity contribution in [2.75, 3.05) is 13.1 Å². The van der Waals surface area contributed by atoms with Crippen LogP contribution in [0.1, 0.15) is 58.8 Å². The fourth-order valence-electron chi connectivity index (χ4n) is 3.95. The summed E-state index contributed by atoms with van der Waals surface area (Å²) < 4.78 is 0. The summed E-state index contributed by atoms with van der Waals surface area (Å²) in [5, 5.41) is 9.48. The van der Waals surface area contributed by atoms with Gasteiger partial charge in [0, 0.05) is 6.04 Å². The largest absolute Gasteiger partial charge is 0.481 e. The number of carboxylic acids is 1. The zero-order valence-electron chi connectivity index (χ0n) is 12.5. The Morgan fingerprint density at radius 2 is 1.89 bits per heavy atom. The minimum Gasteiger partial charge on any atom is -0.481 e. The van der Waals surface area contributed by atoms with Crippen LogP contribution in [0.15, 0.2) is 0 Å². The van der Waals surface area contributed by atoms with E-state index >= 15 is 0 Å². The first-order valence-corrected chi connectivity index (χ1v) is 8.08. The average molecular weight is 267 g/mol. The van der Waals surface area contributed by atoms with Crippen molar-refractivity contribution in [3.8, 4) is 0 Å². The van der Waals surface area contributed by atoms with Crippen molar-refractivity contribution in [2.24, 2.45) is 17.8 Å². The molecule has 3 heteroatoms. The highest BCUT2D eigenvalue weighted by atomic mass is 16.4. The number of nitrogens with zero attached hydrogens (tertiary/aromatic N) is 1. The van der Waals surface area contributed by atoms with Crippen LogP contribution in [-0.2, 0) is 4.79 Å². The van der Waals surface area contributed by atoms with Crippen LogP contribution in [0.25, 0.3) is 0 Å². The Bertz CT molecular complexity index is 297. The Kier molecular flexibility index (Phi) is 5.26. The van der Waals surface area contributed by atoms with E-state index in [2.05, 4.69) is 18.7 Å². The lowest BCUT2D eigenvalue weighted by Crippen LogP contribution is -2.49. The molecule has 0 aromatic heterocycles. The molecule has 1 saturated carbocycles. The van der Waals surface area contributed by atoms with E-state index in [1.807, 2.05) is 0 Å². The number of likely N-dealkylation sites (tertiary alicyclic amines) is 1. The molecule has 2 aliphatic rings. The first-order valence-electron chi connectivity index (χ1n) is 8.08. The van der Waals surface area contributed by atoms with Gasteiger partial charge in [0.1, 0.15) is 0 Å².